The van der Waals surface area contributed by atoms with Gasteiger partial charge in [-0.25, -0.2) is 0 Å². The van der Waals surface area contributed by atoms with Gasteiger partial charge in [-0.15, -0.1) is 11.8 Å². The molecule has 2 aromatic carbocycles. The summed E-state index contributed by atoms with van der Waals surface area (Å²) < 4.78 is 5.09. The van der Waals surface area contributed by atoms with Crippen molar-refractivity contribution < 1.29 is 9.21 Å². The van der Waals surface area contributed by atoms with Gasteiger partial charge in [0, 0.05) is 16.3 Å². The molecule has 0 fully saturated rings. The van der Waals surface area contributed by atoms with Crippen molar-refractivity contribution in [3.8, 4) is 0 Å². The van der Waals surface area contributed by atoms with Gasteiger partial charge in [-0.05, 0) is 35.9 Å². The average molecular weight is 309 g/mol. The number of carbonyl (C=O) groups is 1. The minimum atomic E-state index is -0.241. The Bertz CT molecular complexity index is 739. The van der Waals surface area contributed by atoms with Crippen molar-refractivity contribution in [1.82, 2.24) is 0 Å². The van der Waals surface area contributed by atoms with E-state index in [1.807, 2.05) is 42.5 Å². The molecule has 0 unspecified atom stereocenters. The van der Waals surface area contributed by atoms with Crippen LogP contribution in [0.1, 0.15) is 16.1 Å². The molecule has 0 aliphatic carbocycles. The van der Waals surface area contributed by atoms with Crippen molar-refractivity contribution in [2.75, 3.05) is 5.32 Å². The molecule has 1 N–H and O–H groups in total. The number of amides is 1. The highest BCUT2D eigenvalue weighted by atomic mass is 32.2. The third kappa shape index (κ3) is 3.80. The molecule has 110 valence electrons. The van der Waals surface area contributed by atoms with Gasteiger partial charge in [0.1, 0.15) is 0 Å². The summed E-state index contributed by atoms with van der Waals surface area (Å²) in [5.74, 6) is 0.966. The lowest BCUT2D eigenvalue weighted by atomic mass is 10.2. The SMILES string of the molecule is O=C(Nc1cccc(SCc2ccccc2)c1)c1ccco1. The third-order valence-electron chi connectivity index (χ3n) is 3.09. The Hall–Kier alpha value is -2.46. The number of benzene rings is 2. The number of rotatable bonds is 5. The standard InChI is InChI=1S/C18H15NO2S/c20-18(17-10-5-11-21-17)19-15-8-4-9-16(12-15)22-13-14-6-2-1-3-7-14/h1-12H,13H2,(H,19,20). The second kappa shape index (κ2) is 7.00. The monoisotopic (exact) mass is 309 g/mol. The summed E-state index contributed by atoms with van der Waals surface area (Å²) in [6.07, 6.45) is 1.49. The summed E-state index contributed by atoms with van der Waals surface area (Å²) in [6.45, 7) is 0. The lowest BCUT2D eigenvalue weighted by Crippen LogP contribution is -2.10. The molecule has 0 saturated carbocycles. The second-order valence-corrected chi connectivity index (χ2v) is 5.78. The van der Waals surface area contributed by atoms with E-state index in [2.05, 4.69) is 17.4 Å². The van der Waals surface area contributed by atoms with E-state index in [1.165, 1.54) is 11.8 Å². The number of thioether (sulfide) groups is 1. The zero-order valence-electron chi connectivity index (χ0n) is 11.9. The first-order chi connectivity index (χ1) is 10.8. The Kier molecular flexibility index (Phi) is 4.61. The molecule has 1 heterocycles. The molecule has 0 saturated heterocycles. The summed E-state index contributed by atoms with van der Waals surface area (Å²) in [5, 5.41) is 2.84. The van der Waals surface area contributed by atoms with Crippen molar-refractivity contribution >= 4 is 23.4 Å². The molecule has 0 aliphatic rings. The van der Waals surface area contributed by atoms with Crippen LogP contribution in [0.5, 0.6) is 0 Å². The molecule has 0 radical (unpaired) electrons. The summed E-state index contributed by atoms with van der Waals surface area (Å²) >= 11 is 1.74. The fourth-order valence-corrected chi connectivity index (χ4v) is 2.92. The number of carbonyl (C=O) groups excluding carboxylic acids is 1. The van der Waals surface area contributed by atoms with E-state index in [9.17, 15) is 4.79 Å². The second-order valence-electron chi connectivity index (χ2n) is 4.73. The van der Waals surface area contributed by atoms with E-state index < -0.39 is 0 Å². The molecule has 3 rings (SSSR count). The van der Waals surface area contributed by atoms with E-state index in [-0.39, 0.29) is 5.91 Å². The smallest absolute Gasteiger partial charge is 0.291 e. The topological polar surface area (TPSA) is 42.2 Å². The number of furan rings is 1. The summed E-state index contributed by atoms with van der Waals surface area (Å²) in [7, 11) is 0. The molecule has 0 spiro atoms. The summed E-state index contributed by atoms with van der Waals surface area (Å²) in [4.78, 5) is 13.1. The van der Waals surface area contributed by atoms with Gasteiger partial charge >= 0.3 is 0 Å². The fourth-order valence-electron chi connectivity index (χ4n) is 2.00. The van der Waals surface area contributed by atoms with E-state index in [0.29, 0.717) is 5.76 Å². The Morgan fingerprint density at radius 2 is 1.86 bits per heavy atom. The van der Waals surface area contributed by atoms with Crippen LogP contribution in [0.4, 0.5) is 5.69 Å². The van der Waals surface area contributed by atoms with Gasteiger partial charge in [0.15, 0.2) is 5.76 Å². The van der Waals surface area contributed by atoms with Crippen LogP contribution in [0.15, 0.2) is 82.3 Å². The van der Waals surface area contributed by atoms with Crippen LogP contribution in [0.25, 0.3) is 0 Å². The fraction of sp³-hybridized carbons (Fsp3) is 0.0556. The molecule has 3 aromatic rings. The van der Waals surface area contributed by atoms with Crippen LogP contribution >= 0.6 is 11.8 Å². The lowest BCUT2D eigenvalue weighted by molar-refractivity contribution is 0.0996. The van der Waals surface area contributed by atoms with Crippen molar-refractivity contribution in [2.45, 2.75) is 10.6 Å². The van der Waals surface area contributed by atoms with Gasteiger partial charge in [0.25, 0.3) is 5.91 Å². The largest absolute Gasteiger partial charge is 0.459 e. The molecular weight excluding hydrogens is 294 g/mol. The van der Waals surface area contributed by atoms with Gasteiger partial charge in [0.05, 0.1) is 6.26 Å². The van der Waals surface area contributed by atoms with E-state index in [1.54, 1.807) is 23.9 Å². The molecule has 22 heavy (non-hydrogen) atoms. The van der Waals surface area contributed by atoms with Crippen LogP contribution in [0.3, 0.4) is 0 Å². The van der Waals surface area contributed by atoms with Gasteiger partial charge in [-0.1, -0.05) is 36.4 Å². The zero-order chi connectivity index (χ0) is 15.2. The maximum Gasteiger partial charge on any atom is 0.291 e. The van der Waals surface area contributed by atoms with Crippen LogP contribution in [-0.4, -0.2) is 5.91 Å². The first-order valence-electron chi connectivity index (χ1n) is 6.93. The number of anilines is 1. The Morgan fingerprint density at radius 3 is 2.64 bits per heavy atom. The van der Waals surface area contributed by atoms with Crippen molar-refractivity contribution in [1.29, 1.82) is 0 Å². The molecule has 3 nitrogen and oxygen atoms in total. The molecule has 0 bridgehead atoms. The number of hydrogen-bond donors (Lipinski definition) is 1. The molecule has 1 aromatic heterocycles. The predicted octanol–water partition coefficient (Wildman–Crippen LogP) is 4.82. The summed E-state index contributed by atoms with van der Waals surface area (Å²) in [5.41, 5.74) is 2.04. The molecule has 4 heteroatoms. The molecule has 0 atom stereocenters. The van der Waals surface area contributed by atoms with Crippen LogP contribution in [0.2, 0.25) is 0 Å². The zero-order valence-corrected chi connectivity index (χ0v) is 12.7. The molecule has 0 aliphatic heterocycles. The van der Waals surface area contributed by atoms with Crippen LogP contribution in [0, 0.1) is 0 Å². The number of nitrogens with one attached hydrogen (secondary N) is 1. The van der Waals surface area contributed by atoms with Gasteiger partial charge in [-0.3, -0.25) is 4.79 Å². The van der Waals surface area contributed by atoms with Gasteiger partial charge < -0.3 is 9.73 Å². The van der Waals surface area contributed by atoms with Crippen LogP contribution in [-0.2, 0) is 5.75 Å². The minimum absolute atomic E-state index is 0.241. The Morgan fingerprint density at radius 1 is 1.00 bits per heavy atom. The van der Waals surface area contributed by atoms with E-state index in [0.717, 1.165) is 16.3 Å². The summed E-state index contributed by atoms with van der Waals surface area (Å²) in [6, 6.07) is 21.4. The maximum atomic E-state index is 12.0. The average Bonchev–Trinajstić information content (AvgIpc) is 3.09. The van der Waals surface area contributed by atoms with Crippen molar-refractivity contribution in [3.05, 3.63) is 84.3 Å². The Labute approximate surface area is 133 Å². The van der Waals surface area contributed by atoms with Gasteiger partial charge in [-0.2, -0.15) is 0 Å². The normalized spacial score (nSPS) is 10.4. The first-order valence-corrected chi connectivity index (χ1v) is 7.91. The lowest BCUT2D eigenvalue weighted by Gasteiger charge is -2.06. The highest BCUT2D eigenvalue weighted by molar-refractivity contribution is 7.98. The minimum Gasteiger partial charge on any atom is -0.459 e. The van der Waals surface area contributed by atoms with Crippen molar-refractivity contribution in [3.63, 3.8) is 0 Å². The van der Waals surface area contributed by atoms with Crippen LogP contribution < -0.4 is 5.32 Å². The molecule has 1 amide bonds. The Balaban J connectivity index is 1.64. The predicted molar refractivity (Wildman–Crippen MR) is 89.1 cm³/mol. The maximum absolute atomic E-state index is 12.0. The highest BCUT2D eigenvalue weighted by Crippen LogP contribution is 2.25. The van der Waals surface area contributed by atoms with Gasteiger partial charge in [0.2, 0.25) is 0 Å². The van der Waals surface area contributed by atoms with E-state index >= 15 is 0 Å². The molecular formula is C18H15NO2S. The quantitative estimate of drug-likeness (QED) is 0.687. The number of hydrogen-bond acceptors (Lipinski definition) is 3. The van der Waals surface area contributed by atoms with Crippen molar-refractivity contribution in [2.24, 2.45) is 0 Å². The highest BCUT2D eigenvalue weighted by Gasteiger charge is 2.08. The first kappa shape index (κ1) is 14.5. The van der Waals surface area contributed by atoms with E-state index in [4.69, 9.17) is 4.42 Å². The third-order valence-corrected chi connectivity index (χ3v) is 4.15.